The maximum atomic E-state index is 10.4. The fraction of sp³-hybridized carbons (Fsp3) is 0.714. The van der Waals surface area contributed by atoms with Gasteiger partial charge in [-0.2, -0.15) is 0 Å². The molecule has 0 aromatic heterocycles. The molecular formula is C7H10O4S. The summed E-state index contributed by atoms with van der Waals surface area (Å²) in [4.78, 5) is 10.4. The van der Waals surface area contributed by atoms with E-state index in [0.717, 1.165) is 0 Å². The van der Waals surface area contributed by atoms with E-state index >= 15 is 0 Å². The largest absolute Gasteiger partial charge is 0.466 e. The van der Waals surface area contributed by atoms with Crippen molar-refractivity contribution in [2.24, 2.45) is 0 Å². The van der Waals surface area contributed by atoms with E-state index in [1.54, 1.807) is 0 Å². The Morgan fingerprint density at radius 2 is 2.58 bits per heavy atom. The first-order valence-corrected chi connectivity index (χ1v) is 4.06. The SMILES string of the molecule is CC(=O)OCCC1COC(=S)O1. The molecule has 1 heterocycles. The first-order valence-electron chi connectivity index (χ1n) is 3.65. The molecule has 1 unspecified atom stereocenters. The Bertz CT molecular complexity index is 192. The Hall–Kier alpha value is -0.840. The summed E-state index contributed by atoms with van der Waals surface area (Å²) in [7, 11) is 0. The van der Waals surface area contributed by atoms with Crippen LogP contribution in [0.15, 0.2) is 0 Å². The second kappa shape index (κ2) is 4.25. The van der Waals surface area contributed by atoms with Gasteiger partial charge in [0.25, 0.3) is 0 Å². The molecule has 4 nitrogen and oxygen atoms in total. The van der Waals surface area contributed by atoms with Gasteiger partial charge in [0.15, 0.2) is 0 Å². The van der Waals surface area contributed by atoms with Crippen LogP contribution in [-0.4, -0.2) is 30.5 Å². The van der Waals surface area contributed by atoms with Crippen molar-refractivity contribution < 1.29 is 19.0 Å². The van der Waals surface area contributed by atoms with Crippen molar-refractivity contribution in [3.63, 3.8) is 0 Å². The summed E-state index contributed by atoms with van der Waals surface area (Å²) in [5.74, 6) is -0.281. The molecule has 12 heavy (non-hydrogen) atoms. The topological polar surface area (TPSA) is 44.8 Å². The standard InChI is InChI=1S/C7H10O4S/c1-5(8)9-3-2-6-4-10-7(12)11-6/h6H,2-4H2,1H3. The molecule has 0 spiro atoms. The minimum absolute atomic E-state index is 0.0585. The highest BCUT2D eigenvalue weighted by atomic mass is 32.1. The molecule has 1 aliphatic heterocycles. The van der Waals surface area contributed by atoms with Crippen LogP contribution in [-0.2, 0) is 19.0 Å². The minimum atomic E-state index is -0.281. The lowest BCUT2D eigenvalue weighted by atomic mass is 10.3. The van der Waals surface area contributed by atoms with E-state index in [1.165, 1.54) is 6.92 Å². The van der Waals surface area contributed by atoms with Crippen molar-refractivity contribution in [1.29, 1.82) is 0 Å². The molecule has 0 N–H and O–H groups in total. The number of carbonyl (C=O) groups is 1. The predicted molar refractivity (Wildman–Crippen MR) is 44.7 cm³/mol. The lowest BCUT2D eigenvalue weighted by molar-refractivity contribution is -0.141. The van der Waals surface area contributed by atoms with E-state index in [-0.39, 0.29) is 17.3 Å². The summed E-state index contributed by atoms with van der Waals surface area (Å²) in [6.07, 6.45) is 0.566. The second-order valence-corrected chi connectivity index (χ2v) is 2.76. The molecule has 0 aliphatic carbocycles. The first kappa shape index (κ1) is 9.25. The molecule has 1 fully saturated rings. The number of ether oxygens (including phenoxy) is 3. The van der Waals surface area contributed by atoms with E-state index in [0.29, 0.717) is 19.6 Å². The summed E-state index contributed by atoms with van der Waals surface area (Å²) in [6, 6.07) is 0. The smallest absolute Gasteiger partial charge is 0.352 e. The average molecular weight is 190 g/mol. The first-order chi connectivity index (χ1) is 5.68. The van der Waals surface area contributed by atoms with Crippen LogP contribution < -0.4 is 0 Å². The summed E-state index contributed by atoms with van der Waals surface area (Å²) >= 11 is 4.65. The van der Waals surface area contributed by atoms with E-state index in [4.69, 9.17) is 14.2 Å². The van der Waals surface area contributed by atoms with Crippen LogP contribution in [0.5, 0.6) is 0 Å². The van der Waals surface area contributed by atoms with Gasteiger partial charge < -0.3 is 14.2 Å². The van der Waals surface area contributed by atoms with Crippen molar-refractivity contribution in [2.45, 2.75) is 19.4 Å². The van der Waals surface area contributed by atoms with Gasteiger partial charge in [0.1, 0.15) is 12.7 Å². The molecule has 1 rings (SSSR count). The van der Waals surface area contributed by atoms with Crippen LogP contribution in [0.25, 0.3) is 0 Å². The van der Waals surface area contributed by atoms with E-state index in [9.17, 15) is 4.79 Å². The molecule has 5 heteroatoms. The van der Waals surface area contributed by atoms with Gasteiger partial charge in [-0.25, -0.2) is 0 Å². The summed E-state index contributed by atoms with van der Waals surface area (Å²) in [5.41, 5.74) is 0. The molecule has 0 amide bonds. The van der Waals surface area contributed by atoms with Crippen LogP contribution in [0.4, 0.5) is 0 Å². The van der Waals surface area contributed by atoms with Crippen LogP contribution in [0.2, 0.25) is 0 Å². The number of thiocarbonyl (C=S) groups is 1. The normalized spacial score (nSPS) is 21.4. The minimum Gasteiger partial charge on any atom is -0.466 e. The third kappa shape index (κ3) is 3.04. The van der Waals surface area contributed by atoms with Crippen molar-refractivity contribution in [3.8, 4) is 0 Å². The molecule has 0 aromatic rings. The highest BCUT2D eigenvalue weighted by Gasteiger charge is 2.21. The zero-order valence-electron chi connectivity index (χ0n) is 6.74. The summed E-state index contributed by atoms with van der Waals surface area (Å²) in [5, 5.41) is 0.183. The Morgan fingerprint density at radius 1 is 1.83 bits per heavy atom. The Kier molecular flexibility index (Phi) is 3.28. The van der Waals surface area contributed by atoms with Gasteiger partial charge in [-0.3, -0.25) is 4.79 Å². The van der Waals surface area contributed by atoms with Crippen molar-refractivity contribution in [1.82, 2.24) is 0 Å². The average Bonchev–Trinajstić information content (AvgIpc) is 2.35. The molecule has 0 saturated carbocycles. The zero-order chi connectivity index (χ0) is 8.97. The third-order valence-corrected chi connectivity index (χ3v) is 1.61. The van der Waals surface area contributed by atoms with Gasteiger partial charge in [0.05, 0.1) is 6.61 Å². The molecule has 1 aliphatic rings. The molecule has 0 bridgehead atoms. The van der Waals surface area contributed by atoms with Crippen molar-refractivity contribution in [3.05, 3.63) is 0 Å². The van der Waals surface area contributed by atoms with E-state index in [2.05, 4.69) is 12.2 Å². The van der Waals surface area contributed by atoms with Crippen LogP contribution in [0.1, 0.15) is 13.3 Å². The predicted octanol–water partition coefficient (Wildman–Crippen LogP) is 0.640. The fourth-order valence-electron chi connectivity index (χ4n) is 0.841. The van der Waals surface area contributed by atoms with Gasteiger partial charge in [-0.1, -0.05) is 0 Å². The molecule has 1 atom stereocenters. The number of esters is 1. The van der Waals surface area contributed by atoms with Crippen molar-refractivity contribution in [2.75, 3.05) is 13.2 Å². The maximum absolute atomic E-state index is 10.4. The van der Waals surface area contributed by atoms with Crippen LogP contribution in [0, 0.1) is 0 Å². The lowest BCUT2D eigenvalue weighted by Gasteiger charge is -2.05. The quantitative estimate of drug-likeness (QED) is 0.482. The van der Waals surface area contributed by atoms with Crippen molar-refractivity contribution >= 4 is 23.4 Å². The molecular weight excluding hydrogens is 180 g/mol. The van der Waals surface area contributed by atoms with Gasteiger partial charge in [0, 0.05) is 25.6 Å². The number of rotatable bonds is 3. The highest BCUT2D eigenvalue weighted by Crippen LogP contribution is 2.09. The van der Waals surface area contributed by atoms with Gasteiger partial charge >= 0.3 is 11.2 Å². The highest BCUT2D eigenvalue weighted by molar-refractivity contribution is 7.79. The van der Waals surface area contributed by atoms with E-state index in [1.807, 2.05) is 0 Å². The Balaban J connectivity index is 2.08. The molecule has 0 aromatic carbocycles. The lowest BCUT2D eigenvalue weighted by Crippen LogP contribution is -2.14. The Morgan fingerprint density at radius 3 is 3.08 bits per heavy atom. The van der Waals surface area contributed by atoms with Gasteiger partial charge in [0.2, 0.25) is 0 Å². The van der Waals surface area contributed by atoms with E-state index < -0.39 is 0 Å². The number of carbonyl (C=O) groups excluding carboxylic acids is 1. The van der Waals surface area contributed by atoms with Crippen LogP contribution in [0.3, 0.4) is 0 Å². The summed E-state index contributed by atoms with van der Waals surface area (Å²) < 4.78 is 14.7. The summed E-state index contributed by atoms with van der Waals surface area (Å²) in [6.45, 7) is 2.18. The molecule has 0 radical (unpaired) electrons. The maximum Gasteiger partial charge on any atom is 0.352 e. The second-order valence-electron chi connectivity index (χ2n) is 2.43. The molecule has 1 saturated heterocycles. The number of hydrogen-bond donors (Lipinski definition) is 0. The Labute approximate surface area is 75.8 Å². The van der Waals surface area contributed by atoms with Crippen LogP contribution >= 0.6 is 12.2 Å². The third-order valence-electron chi connectivity index (χ3n) is 1.40. The fourth-order valence-corrected chi connectivity index (χ4v) is 1.05. The number of hydrogen-bond acceptors (Lipinski definition) is 5. The monoisotopic (exact) mass is 190 g/mol. The van der Waals surface area contributed by atoms with Gasteiger partial charge in [-0.05, 0) is 0 Å². The molecule has 68 valence electrons. The zero-order valence-corrected chi connectivity index (χ0v) is 7.56. The van der Waals surface area contributed by atoms with Gasteiger partial charge in [-0.15, -0.1) is 0 Å².